The first-order chi connectivity index (χ1) is 12.9. The van der Waals surface area contributed by atoms with Crippen LogP contribution in [-0.2, 0) is 19.2 Å². The van der Waals surface area contributed by atoms with Gasteiger partial charge >= 0.3 is 0 Å². The van der Waals surface area contributed by atoms with Crippen molar-refractivity contribution in [3.63, 3.8) is 0 Å². The molecular weight excluding hydrogens is 364 g/mol. The number of hydrogen-bond acceptors (Lipinski definition) is 3. The number of halogens is 1. The van der Waals surface area contributed by atoms with E-state index in [1.807, 2.05) is 26.0 Å². The highest BCUT2D eigenvalue weighted by atomic mass is 35.5. The summed E-state index contributed by atoms with van der Waals surface area (Å²) in [6.45, 7) is 5.39. The maximum atomic E-state index is 13.0. The molecule has 2 aromatic rings. The van der Waals surface area contributed by atoms with Crippen LogP contribution in [0.3, 0.4) is 0 Å². The average Bonchev–Trinajstić information content (AvgIpc) is 2.84. The number of hydrogen-bond donors (Lipinski definition) is 0. The average molecular weight is 385 g/mol. The van der Waals surface area contributed by atoms with Gasteiger partial charge in [0.15, 0.2) is 0 Å². The van der Waals surface area contributed by atoms with Gasteiger partial charge in [0.25, 0.3) is 11.8 Å². The molecule has 0 radical (unpaired) electrons. The van der Waals surface area contributed by atoms with Gasteiger partial charge in [0.05, 0.1) is 26.3 Å². The van der Waals surface area contributed by atoms with Gasteiger partial charge in [-0.25, -0.2) is 10.0 Å². The van der Waals surface area contributed by atoms with E-state index in [1.54, 1.807) is 6.07 Å². The van der Waals surface area contributed by atoms with E-state index in [2.05, 4.69) is 24.3 Å². The molecule has 0 bridgehead atoms. The maximum absolute atomic E-state index is 13.0. The normalized spacial score (nSPS) is 19.2. The number of fused-ring (bicyclic) bond motifs is 1. The molecular formula is C21H21ClN2O3. The Labute approximate surface area is 163 Å². The Morgan fingerprint density at radius 1 is 0.889 bits per heavy atom. The molecule has 0 unspecified atom stereocenters. The number of alkyl halides is 1. The minimum absolute atomic E-state index is 0.333. The van der Waals surface area contributed by atoms with Gasteiger partial charge in [0, 0.05) is 0 Å². The molecule has 0 spiro atoms. The zero-order valence-electron chi connectivity index (χ0n) is 15.4. The van der Waals surface area contributed by atoms with E-state index in [0.29, 0.717) is 31.9 Å². The number of rotatable bonds is 2. The number of ether oxygens (including phenoxy) is 1. The van der Waals surface area contributed by atoms with E-state index < -0.39 is 16.7 Å². The number of amides is 2. The molecule has 27 heavy (non-hydrogen) atoms. The molecule has 2 amide bonds. The van der Waals surface area contributed by atoms with Crippen molar-refractivity contribution in [2.24, 2.45) is 0 Å². The summed E-state index contributed by atoms with van der Waals surface area (Å²) >= 11 is 6.73. The summed E-state index contributed by atoms with van der Waals surface area (Å²) in [4.78, 5) is 24.4. The first-order valence-corrected chi connectivity index (χ1v) is 9.39. The smallest absolute Gasteiger partial charge is 0.276 e. The first kappa shape index (κ1) is 18.0. The summed E-state index contributed by atoms with van der Waals surface area (Å²) in [7, 11) is 0. The van der Waals surface area contributed by atoms with Crippen LogP contribution in [0.5, 0.6) is 0 Å². The highest BCUT2D eigenvalue weighted by molar-refractivity contribution is 6.47. The van der Waals surface area contributed by atoms with Gasteiger partial charge in [0.1, 0.15) is 0 Å². The van der Waals surface area contributed by atoms with Gasteiger partial charge in [-0.15, -0.1) is 0 Å². The minimum Gasteiger partial charge on any atom is -0.378 e. The fourth-order valence-corrected chi connectivity index (χ4v) is 4.13. The lowest BCUT2D eigenvalue weighted by molar-refractivity contribution is -0.145. The summed E-state index contributed by atoms with van der Waals surface area (Å²) in [5.74, 6) is -0.795. The largest absolute Gasteiger partial charge is 0.378 e. The van der Waals surface area contributed by atoms with Crippen LogP contribution < -0.4 is 0 Å². The monoisotopic (exact) mass is 384 g/mol. The number of carbonyl (C=O) groups is 2. The Bertz CT molecular complexity index is 886. The fourth-order valence-electron chi connectivity index (χ4n) is 3.72. The Kier molecular flexibility index (Phi) is 4.44. The van der Waals surface area contributed by atoms with Crippen LogP contribution in [0, 0.1) is 13.8 Å². The molecule has 2 saturated heterocycles. The van der Waals surface area contributed by atoms with Crippen molar-refractivity contribution in [1.82, 2.24) is 10.0 Å². The summed E-state index contributed by atoms with van der Waals surface area (Å²) in [5, 5.41) is 2.85. The van der Waals surface area contributed by atoms with Crippen LogP contribution in [0.15, 0.2) is 42.5 Å². The van der Waals surface area contributed by atoms with Crippen molar-refractivity contribution in [2.45, 2.75) is 18.7 Å². The first-order valence-electron chi connectivity index (χ1n) is 9.01. The van der Waals surface area contributed by atoms with Crippen molar-refractivity contribution in [1.29, 1.82) is 0 Å². The summed E-state index contributed by atoms with van der Waals surface area (Å²) in [5.41, 5.74) is 4.67. The number of carbonyl (C=O) groups excluding carboxylic acids is 2. The summed E-state index contributed by atoms with van der Waals surface area (Å²) < 4.78 is 5.37. The molecule has 5 nitrogen and oxygen atoms in total. The Morgan fingerprint density at radius 2 is 1.44 bits per heavy atom. The zero-order chi connectivity index (χ0) is 19.2. The molecule has 0 aliphatic carbocycles. The van der Waals surface area contributed by atoms with Gasteiger partial charge in [-0.3, -0.25) is 9.59 Å². The van der Waals surface area contributed by atoms with E-state index in [1.165, 1.54) is 15.6 Å². The second kappa shape index (κ2) is 6.66. The number of nitrogens with zero attached hydrogens (tertiary/aromatic N) is 2. The Balaban J connectivity index is 1.73. The van der Waals surface area contributed by atoms with Crippen LogP contribution in [0.25, 0.3) is 11.1 Å². The lowest BCUT2D eigenvalue weighted by Crippen LogP contribution is -2.41. The molecule has 2 aromatic carbocycles. The SMILES string of the molecule is Cc1ccc(-c2ccc(C3(Cl)C(=O)N4CCOCCN4C3=O)c(C)c2)cc1. The number of hydrazine groups is 1. The van der Waals surface area contributed by atoms with Crippen LogP contribution in [0.2, 0.25) is 0 Å². The zero-order valence-corrected chi connectivity index (χ0v) is 16.1. The van der Waals surface area contributed by atoms with E-state index in [0.717, 1.165) is 16.7 Å². The fraction of sp³-hybridized carbons (Fsp3) is 0.333. The topological polar surface area (TPSA) is 49.9 Å². The van der Waals surface area contributed by atoms with Gasteiger partial charge in [-0.05, 0) is 36.1 Å². The standard InChI is InChI=1S/C21H21ClN2O3/c1-14-3-5-16(6-4-14)17-7-8-18(15(2)13-17)21(22)19(25)23-9-11-27-12-10-24(23)20(21)26/h3-8,13H,9-12H2,1-2H3. The van der Waals surface area contributed by atoms with Crippen LogP contribution in [0.1, 0.15) is 16.7 Å². The van der Waals surface area contributed by atoms with Crippen LogP contribution in [-0.4, -0.2) is 48.1 Å². The number of benzene rings is 2. The Morgan fingerprint density at radius 3 is 2.00 bits per heavy atom. The highest BCUT2D eigenvalue weighted by Crippen LogP contribution is 2.42. The lowest BCUT2D eigenvalue weighted by Gasteiger charge is -2.23. The minimum atomic E-state index is -1.70. The van der Waals surface area contributed by atoms with E-state index in [-0.39, 0.29) is 0 Å². The molecule has 6 heteroatoms. The molecule has 140 valence electrons. The van der Waals surface area contributed by atoms with E-state index >= 15 is 0 Å². The third-order valence-electron chi connectivity index (χ3n) is 5.23. The second-order valence-electron chi connectivity index (χ2n) is 7.02. The van der Waals surface area contributed by atoms with Crippen molar-refractivity contribution in [3.8, 4) is 11.1 Å². The van der Waals surface area contributed by atoms with Gasteiger partial charge in [-0.2, -0.15) is 0 Å². The lowest BCUT2D eigenvalue weighted by atomic mass is 9.90. The highest BCUT2D eigenvalue weighted by Gasteiger charge is 2.59. The molecule has 0 aromatic heterocycles. The molecule has 2 fully saturated rings. The van der Waals surface area contributed by atoms with Crippen molar-refractivity contribution in [3.05, 3.63) is 59.2 Å². The number of aryl methyl sites for hydroxylation is 2. The molecule has 4 rings (SSSR count). The van der Waals surface area contributed by atoms with Crippen molar-refractivity contribution < 1.29 is 14.3 Å². The third-order valence-corrected chi connectivity index (χ3v) is 5.75. The quantitative estimate of drug-likeness (QED) is 0.590. The second-order valence-corrected chi connectivity index (χ2v) is 7.59. The molecule has 2 heterocycles. The predicted molar refractivity (Wildman–Crippen MR) is 103 cm³/mol. The van der Waals surface area contributed by atoms with Crippen molar-refractivity contribution >= 4 is 23.4 Å². The molecule has 0 saturated carbocycles. The molecule has 0 N–H and O–H groups in total. The van der Waals surface area contributed by atoms with E-state index in [9.17, 15) is 9.59 Å². The third kappa shape index (κ3) is 2.82. The maximum Gasteiger partial charge on any atom is 0.276 e. The summed E-state index contributed by atoms with van der Waals surface area (Å²) in [6, 6.07) is 13.9. The van der Waals surface area contributed by atoms with E-state index in [4.69, 9.17) is 16.3 Å². The van der Waals surface area contributed by atoms with Gasteiger partial charge < -0.3 is 4.74 Å². The van der Waals surface area contributed by atoms with Crippen LogP contribution in [0.4, 0.5) is 0 Å². The van der Waals surface area contributed by atoms with Crippen LogP contribution >= 0.6 is 11.6 Å². The molecule has 2 aliphatic rings. The Hall–Kier alpha value is -2.37. The summed E-state index contributed by atoms with van der Waals surface area (Å²) in [6.07, 6.45) is 0. The van der Waals surface area contributed by atoms with Crippen molar-refractivity contribution in [2.75, 3.05) is 26.3 Å². The molecule has 2 aliphatic heterocycles. The van der Waals surface area contributed by atoms with Gasteiger partial charge in [-0.1, -0.05) is 59.6 Å². The predicted octanol–water partition coefficient (Wildman–Crippen LogP) is 3.02. The van der Waals surface area contributed by atoms with Gasteiger partial charge in [0.2, 0.25) is 4.87 Å². The molecule has 0 atom stereocenters.